The number of nitriles is 2. The molecule has 10 heteroatoms. The van der Waals surface area contributed by atoms with Gasteiger partial charge in [0, 0.05) is 18.0 Å². The quantitative estimate of drug-likeness (QED) is 0.588. The smallest absolute Gasteiger partial charge is 0.475 e. The summed E-state index contributed by atoms with van der Waals surface area (Å²) in [6, 6.07) is 17.6. The molecule has 0 aliphatic rings. The number of aryl methyl sites for hydroxylation is 2. The first-order valence-electron chi connectivity index (χ1n) is 9.56. The number of nitrogens with two attached hydrogens (primary N) is 1. The molecule has 2 aromatic heterocycles. The van der Waals surface area contributed by atoms with E-state index < -0.39 is 12.1 Å². The number of alkyl halides is 3. The standard InChI is InChI=1S/C21H17N5.C2HF3O2/c22-12-17-19(10-4-6-15-7-5-11-25-14-15)26-21(24)18(13-23)20(17)16-8-2-1-3-9-16;3-2(4,5)1(6)7/h1-3,5,7-9,11,14H,4,6,10H2,(H2,24,26);(H,6,7). The SMILES string of the molecule is N#Cc1c(N)nc(CCCc2cccnc2)c(C#N)c1-c1ccccc1.O=C(O)C(F)(F)F. The highest BCUT2D eigenvalue weighted by atomic mass is 19.4. The maximum atomic E-state index is 10.6. The van der Waals surface area contributed by atoms with Crippen LogP contribution in [-0.2, 0) is 17.6 Å². The molecule has 0 fully saturated rings. The minimum Gasteiger partial charge on any atom is -0.475 e. The van der Waals surface area contributed by atoms with Crippen molar-refractivity contribution in [2.24, 2.45) is 0 Å². The molecule has 3 rings (SSSR count). The molecule has 0 saturated heterocycles. The van der Waals surface area contributed by atoms with Crippen molar-refractivity contribution < 1.29 is 23.1 Å². The molecule has 0 radical (unpaired) electrons. The van der Waals surface area contributed by atoms with Crippen molar-refractivity contribution in [2.75, 3.05) is 5.73 Å². The zero-order valence-corrected chi connectivity index (χ0v) is 17.2. The molecular formula is C23H18F3N5O2. The summed E-state index contributed by atoms with van der Waals surface area (Å²) >= 11 is 0. The van der Waals surface area contributed by atoms with E-state index in [4.69, 9.17) is 15.6 Å². The third kappa shape index (κ3) is 6.77. The maximum absolute atomic E-state index is 10.6. The van der Waals surface area contributed by atoms with Crippen molar-refractivity contribution in [3.63, 3.8) is 0 Å². The molecule has 0 unspecified atom stereocenters. The number of carboxylic acids is 1. The molecule has 1 aromatic carbocycles. The highest BCUT2D eigenvalue weighted by Crippen LogP contribution is 2.32. The molecule has 7 nitrogen and oxygen atoms in total. The number of halogens is 3. The van der Waals surface area contributed by atoms with Crippen LogP contribution in [0.5, 0.6) is 0 Å². The number of carboxylic acid groups (broad SMARTS) is 1. The Bertz CT molecular complexity index is 1190. The summed E-state index contributed by atoms with van der Waals surface area (Å²) in [5.41, 5.74) is 9.83. The fraction of sp³-hybridized carbons (Fsp3) is 0.174. The van der Waals surface area contributed by atoms with E-state index in [1.807, 2.05) is 48.7 Å². The molecule has 0 amide bonds. The number of nitrogens with zero attached hydrogens (tertiary/aromatic N) is 4. The van der Waals surface area contributed by atoms with Gasteiger partial charge in [-0.05, 0) is 36.5 Å². The van der Waals surface area contributed by atoms with Crippen LogP contribution in [0.3, 0.4) is 0 Å². The fourth-order valence-corrected chi connectivity index (χ4v) is 2.97. The van der Waals surface area contributed by atoms with Gasteiger partial charge in [-0.2, -0.15) is 23.7 Å². The van der Waals surface area contributed by atoms with Crippen LogP contribution in [0.2, 0.25) is 0 Å². The van der Waals surface area contributed by atoms with Crippen LogP contribution in [0.15, 0.2) is 54.9 Å². The zero-order chi connectivity index (χ0) is 24.4. The van der Waals surface area contributed by atoms with Crippen LogP contribution >= 0.6 is 0 Å². The van der Waals surface area contributed by atoms with Crippen molar-refractivity contribution >= 4 is 11.8 Å². The Balaban J connectivity index is 0.000000479. The molecule has 33 heavy (non-hydrogen) atoms. The Morgan fingerprint density at radius 1 is 1.03 bits per heavy atom. The second-order valence-corrected chi connectivity index (χ2v) is 6.68. The molecule has 0 atom stereocenters. The normalized spacial score (nSPS) is 10.3. The highest BCUT2D eigenvalue weighted by molar-refractivity contribution is 5.81. The van der Waals surface area contributed by atoms with E-state index >= 15 is 0 Å². The largest absolute Gasteiger partial charge is 0.490 e. The Labute approximate surface area is 187 Å². The molecule has 0 aliphatic carbocycles. The van der Waals surface area contributed by atoms with Crippen molar-refractivity contribution in [3.8, 4) is 23.3 Å². The van der Waals surface area contributed by atoms with Gasteiger partial charge in [-0.25, -0.2) is 9.78 Å². The Morgan fingerprint density at radius 2 is 1.67 bits per heavy atom. The number of pyridine rings is 2. The van der Waals surface area contributed by atoms with E-state index in [0.717, 1.165) is 24.0 Å². The average Bonchev–Trinajstić information content (AvgIpc) is 2.79. The molecule has 3 N–H and O–H groups in total. The van der Waals surface area contributed by atoms with E-state index in [1.54, 1.807) is 6.20 Å². The average molecular weight is 453 g/mol. The molecular weight excluding hydrogens is 435 g/mol. The lowest BCUT2D eigenvalue weighted by Gasteiger charge is -2.13. The van der Waals surface area contributed by atoms with Crippen molar-refractivity contribution in [3.05, 3.63) is 77.2 Å². The predicted octanol–water partition coefficient (Wildman–Crippen LogP) is 4.28. The van der Waals surface area contributed by atoms with Gasteiger partial charge in [0.15, 0.2) is 0 Å². The van der Waals surface area contributed by atoms with Gasteiger partial charge >= 0.3 is 12.1 Å². The minimum atomic E-state index is -5.08. The maximum Gasteiger partial charge on any atom is 0.490 e. The van der Waals surface area contributed by atoms with Crippen LogP contribution in [0.25, 0.3) is 11.1 Å². The third-order valence-electron chi connectivity index (χ3n) is 4.43. The number of nitrogen functional groups attached to an aromatic ring is 1. The number of benzene rings is 1. The summed E-state index contributed by atoms with van der Waals surface area (Å²) in [5.74, 6) is -2.59. The van der Waals surface area contributed by atoms with Gasteiger partial charge in [0.1, 0.15) is 23.5 Å². The molecule has 2 heterocycles. The molecule has 0 bridgehead atoms. The lowest BCUT2D eigenvalue weighted by Crippen LogP contribution is -2.21. The number of carbonyl (C=O) groups is 1. The number of hydrogen-bond donors (Lipinski definition) is 2. The molecule has 0 saturated carbocycles. The monoisotopic (exact) mass is 453 g/mol. The first-order chi connectivity index (χ1) is 15.7. The molecule has 3 aromatic rings. The van der Waals surface area contributed by atoms with Crippen molar-refractivity contribution in [1.29, 1.82) is 10.5 Å². The number of aliphatic carboxylic acids is 1. The molecule has 0 spiro atoms. The summed E-state index contributed by atoms with van der Waals surface area (Å²) in [6.07, 6.45) is 0.745. The van der Waals surface area contributed by atoms with E-state index in [1.165, 1.54) is 0 Å². The second kappa shape index (κ2) is 11.3. The van der Waals surface area contributed by atoms with Gasteiger partial charge in [0.25, 0.3) is 0 Å². The second-order valence-electron chi connectivity index (χ2n) is 6.68. The van der Waals surface area contributed by atoms with E-state index in [2.05, 4.69) is 22.1 Å². The summed E-state index contributed by atoms with van der Waals surface area (Å²) in [4.78, 5) is 17.4. The van der Waals surface area contributed by atoms with Gasteiger partial charge in [-0.3, -0.25) is 4.98 Å². The highest BCUT2D eigenvalue weighted by Gasteiger charge is 2.38. The minimum absolute atomic E-state index is 0.168. The Morgan fingerprint density at radius 3 is 2.18 bits per heavy atom. The Kier molecular flexibility index (Phi) is 8.47. The zero-order valence-electron chi connectivity index (χ0n) is 17.2. The van der Waals surface area contributed by atoms with Gasteiger partial charge in [-0.15, -0.1) is 0 Å². The lowest BCUT2D eigenvalue weighted by atomic mass is 9.93. The third-order valence-corrected chi connectivity index (χ3v) is 4.43. The summed E-state index contributed by atoms with van der Waals surface area (Å²) in [5, 5.41) is 26.4. The first kappa shape index (κ1) is 24.8. The van der Waals surface area contributed by atoms with Gasteiger partial charge < -0.3 is 10.8 Å². The number of hydrogen-bond acceptors (Lipinski definition) is 6. The Hall–Kier alpha value is -4.44. The van der Waals surface area contributed by atoms with E-state index in [-0.39, 0.29) is 11.4 Å². The predicted molar refractivity (Wildman–Crippen MR) is 113 cm³/mol. The van der Waals surface area contributed by atoms with Gasteiger partial charge in [0.2, 0.25) is 0 Å². The van der Waals surface area contributed by atoms with Crippen molar-refractivity contribution in [2.45, 2.75) is 25.4 Å². The molecule has 168 valence electrons. The number of aromatic nitrogens is 2. The van der Waals surface area contributed by atoms with Crippen LogP contribution < -0.4 is 5.73 Å². The van der Waals surface area contributed by atoms with Crippen LogP contribution in [0.4, 0.5) is 19.0 Å². The molecule has 0 aliphatic heterocycles. The van der Waals surface area contributed by atoms with E-state index in [0.29, 0.717) is 23.2 Å². The lowest BCUT2D eigenvalue weighted by molar-refractivity contribution is -0.192. The van der Waals surface area contributed by atoms with Crippen molar-refractivity contribution in [1.82, 2.24) is 9.97 Å². The summed E-state index contributed by atoms with van der Waals surface area (Å²) < 4.78 is 31.7. The van der Waals surface area contributed by atoms with Gasteiger partial charge in [-0.1, -0.05) is 36.4 Å². The van der Waals surface area contributed by atoms with Crippen LogP contribution in [0, 0.1) is 22.7 Å². The summed E-state index contributed by atoms with van der Waals surface area (Å²) in [6.45, 7) is 0. The van der Waals surface area contributed by atoms with E-state index in [9.17, 15) is 23.7 Å². The van der Waals surface area contributed by atoms with Crippen LogP contribution in [0.1, 0.15) is 28.8 Å². The topological polar surface area (TPSA) is 137 Å². The van der Waals surface area contributed by atoms with Crippen LogP contribution in [-0.4, -0.2) is 27.2 Å². The first-order valence-corrected chi connectivity index (χ1v) is 9.56. The van der Waals surface area contributed by atoms with Gasteiger partial charge in [0.05, 0.1) is 11.3 Å². The number of rotatable bonds is 5. The number of anilines is 1. The summed E-state index contributed by atoms with van der Waals surface area (Å²) in [7, 11) is 0. The fourth-order valence-electron chi connectivity index (χ4n) is 2.97.